The van der Waals surface area contributed by atoms with Crippen molar-refractivity contribution >= 4 is 5.78 Å². The van der Waals surface area contributed by atoms with Crippen molar-refractivity contribution in [2.24, 2.45) is 5.41 Å². The average Bonchev–Trinajstić information content (AvgIpc) is 2.65. The fraction of sp³-hybridized carbons (Fsp3) is 0.304. The van der Waals surface area contributed by atoms with Crippen LogP contribution in [-0.2, 0) is 5.60 Å². The molecule has 0 saturated heterocycles. The van der Waals surface area contributed by atoms with E-state index in [1.165, 1.54) is 6.08 Å². The van der Waals surface area contributed by atoms with E-state index in [4.69, 9.17) is 0 Å². The van der Waals surface area contributed by atoms with Crippen LogP contribution in [0, 0.1) is 17.3 Å². The zero-order valence-electron chi connectivity index (χ0n) is 16.7. The van der Waals surface area contributed by atoms with Gasteiger partial charge in [-0.25, -0.2) is 4.98 Å². The van der Waals surface area contributed by atoms with E-state index in [9.17, 15) is 15.0 Å². The molecule has 0 saturated carbocycles. The number of allylic oxidation sites excluding steroid dienone is 1. The molecular formula is C23H22LiNO3. The third kappa shape index (κ3) is 4.30. The van der Waals surface area contributed by atoms with Gasteiger partial charge in [0.25, 0.3) is 0 Å². The number of carbonyl (C=O) groups excluding carboxylic acids is 1. The number of ketones is 1. The smallest absolute Gasteiger partial charge is 0.851 e. The van der Waals surface area contributed by atoms with E-state index in [1.54, 1.807) is 32.9 Å². The molecule has 1 aromatic carbocycles. The van der Waals surface area contributed by atoms with Gasteiger partial charge < -0.3 is 10.2 Å². The van der Waals surface area contributed by atoms with Gasteiger partial charge in [-0.2, -0.15) is 0 Å². The second-order valence-corrected chi connectivity index (χ2v) is 7.51. The number of aromatic nitrogens is 1. The molecule has 1 aliphatic rings. The molecule has 0 fully saturated rings. The molecule has 2 aromatic rings. The molecule has 4 nitrogen and oxygen atoms in total. The Morgan fingerprint density at radius 2 is 1.93 bits per heavy atom. The van der Waals surface area contributed by atoms with Crippen LogP contribution in [0.25, 0.3) is 11.3 Å². The largest absolute Gasteiger partial charge is 1.00 e. The number of nitrogens with zero attached hydrogens (tertiary/aromatic N) is 1. The zero-order valence-corrected chi connectivity index (χ0v) is 16.7. The molecule has 1 unspecified atom stereocenters. The number of hydrogen-bond donors (Lipinski definition) is 1. The van der Waals surface area contributed by atoms with E-state index in [0.29, 0.717) is 16.8 Å². The maximum atomic E-state index is 13.0. The summed E-state index contributed by atoms with van der Waals surface area (Å²) in [7, 11) is 0. The summed E-state index contributed by atoms with van der Waals surface area (Å²) in [5, 5.41) is 22.0. The number of rotatable bonds is 2. The standard InChI is InChI=1S/C23H22NO3.Li/c1-16(12-14-25)11-13-23(27)15-22(2,3)21(26)20-18(23)9-10-19(24-20)17-7-5-4-6-8-17;/h4-10,12,27H,14-15H2,1-3H3;/q-1;+1/b16-12-;. The van der Waals surface area contributed by atoms with Gasteiger partial charge in [-0.1, -0.05) is 68.2 Å². The second kappa shape index (κ2) is 8.48. The van der Waals surface area contributed by atoms with Gasteiger partial charge in [-0.15, -0.1) is 6.61 Å². The molecule has 1 heterocycles. The minimum Gasteiger partial charge on any atom is -0.851 e. The summed E-state index contributed by atoms with van der Waals surface area (Å²) in [6.07, 6.45) is 1.64. The number of hydrogen-bond acceptors (Lipinski definition) is 4. The third-order valence-electron chi connectivity index (χ3n) is 4.79. The number of fused-ring (bicyclic) bond motifs is 1. The Bertz CT molecular complexity index is 970. The maximum absolute atomic E-state index is 13.0. The van der Waals surface area contributed by atoms with Crippen LogP contribution in [0.2, 0.25) is 0 Å². The van der Waals surface area contributed by atoms with Crippen LogP contribution in [0.1, 0.15) is 43.2 Å². The molecule has 0 radical (unpaired) electrons. The van der Waals surface area contributed by atoms with Gasteiger partial charge in [0.1, 0.15) is 5.69 Å². The number of benzene rings is 1. The molecule has 138 valence electrons. The van der Waals surface area contributed by atoms with Crippen molar-refractivity contribution < 1.29 is 33.9 Å². The first-order valence-corrected chi connectivity index (χ1v) is 8.89. The van der Waals surface area contributed by atoms with Crippen LogP contribution in [0.4, 0.5) is 0 Å². The Hall–Kier alpha value is -2.14. The Morgan fingerprint density at radius 3 is 2.57 bits per heavy atom. The van der Waals surface area contributed by atoms with Gasteiger partial charge in [0, 0.05) is 23.0 Å². The molecule has 3 rings (SSSR count). The van der Waals surface area contributed by atoms with Crippen molar-refractivity contribution in [3.8, 4) is 23.1 Å². The molecule has 1 atom stereocenters. The molecule has 1 N–H and O–H groups in total. The normalized spacial score (nSPS) is 20.5. The van der Waals surface area contributed by atoms with Crippen molar-refractivity contribution in [3.63, 3.8) is 0 Å². The Kier molecular flexibility index (Phi) is 6.70. The third-order valence-corrected chi connectivity index (χ3v) is 4.79. The fourth-order valence-corrected chi connectivity index (χ4v) is 3.36. The Morgan fingerprint density at radius 1 is 1.25 bits per heavy atom. The van der Waals surface area contributed by atoms with Gasteiger partial charge in [0.2, 0.25) is 0 Å². The molecule has 0 amide bonds. The van der Waals surface area contributed by atoms with Gasteiger partial charge >= 0.3 is 18.9 Å². The molecule has 28 heavy (non-hydrogen) atoms. The average molecular weight is 367 g/mol. The number of Topliss-reactive ketones (excluding diaryl/α,β-unsaturated/α-hetero) is 1. The van der Waals surface area contributed by atoms with E-state index >= 15 is 0 Å². The van der Waals surface area contributed by atoms with E-state index in [2.05, 4.69) is 16.8 Å². The Labute approximate surface area is 177 Å². The molecule has 1 aliphatic carbocycles. The second-order valence-electron chi connectivity index (χ2n) is 7.51. The number of aliphatic hydroxyl groups is 1. The first kappa shape index (κ1) is 22.1. The van der Waals surface area contributed by atoms with Gasteiger partial charge in [0.15, 0.2) is 11.4 Å². The molecule has 0 bridgehead atoms. The monoisotopic (exact) mass is 367 g/mol. The minimum atomic E-state index is -1.49. The summed E-state index contributed by atoms with van der Waals surface area (Å²) in [4.78, 5) is 17.6. The van der Waals surface area contributed by atoms with Gasteiger partial charge in [-0.05, 0) is 18.6 Å². The van der Waals surface area contributed by atoms with E-state index < -0.39 is 11.0 Å². The minimum absolute atomic E-state index is 0. The van der Waals surface area contributed by atoms with Crippen LogP contribution in [0.15, 0.2) is 54.1 Å². The predicted molar refractivity (Wildman–Crippen MR) is 103 cm³/mol. The SMILES string of the molecule is C/C(C#CC1(O)CC(C)(C)C(=O)c2nc(-c3ccccc3)ccc21)=C/C[O-].[Li+]. The summed E-state index contributed by atoms with van der Waals surface area (Å²) in [6.45, 7) is 4.96. The van der Waals surface area contributed by atoms with Crippen LogP contribution in [0.5, 0.6) is 0 Å². The van der Waals surface area contributed by atoms with Gasteiger partial charge in [0.05, 0.1) is 5.69 Å². The van der Waals surface area contributed by atoms with Crippen LogP contribution in [-0.4, -0.2) is 22.5 Å². The Balaban J connectivity index is 0.00000280. The van der Waals surface area contributed by atoms with E-state index in [0.717, 1.165) is 5.56 Å². The zero-order chi connectivity index (χ0) is 19.7. The summed E-state index contributed by atoms with van der Waals surface area (Å²) in [6, 6.07) is 13.1. The first-order chi connectivity index (χ1) is 12.8. The van der Waals surface area contributed by atoms with E-state index in [-0.39, 0.29) is 43.4 Å². The maximum Gasteiger partial charge on any atom is 1.00 e. The topological polar surface area (TPSA) is 73.2 Å². The summed E-state index contributed by atoms with van der Waals surface area (Å²) >= 11 is 0. The van der Waals surface area contributed by atoms with Crippen LogP contribution in [0.3, 0.4) is 0 Å². The van der Waals surface area contributed by atoms with Crippen molar-refractivity contribution in [2.75, 3.05) is 6.61 Å². The summed E-state index contributed by atoms with van der Waals surface area (Å²) in [5.74, 6) is 5.63. The van der Waals surface area contributed by atoms with Crippen molar-refractivity contribution in [1.29, 1.82) is 0 Å². The molecule has 0 aliphatic heterocycles. The molecule has 5 heteroatoms. The fourth-order valence-electron chi connectivity index (χ4n) is 3.36. The van der Waals surface area contributed by atoms with Crippen molar-refractivity contribution in [1.82, 2.24) is 4.98 Å². The predicted octanol–water partition coefficient (Wildman–Crippen LogP) is -0.137. The summed E-state index contributed by atoms with van der Waals surface area (Å²) < 4.78 is 0. The van der Waals surface area contributed by atoms with E-state index in [1.807, 2.05) is 30.3 Å². The van der Waals surface area contributed by atoms with Crippen molar-refractivity contribution in [3.05, 3.63) is 65.4 Å². The van der Waals surface area contributed by atoms with Crippen molar-refractivity contribution in [2.45, 2.75) is 32.8 Å². The molecule has 1 aromatic heterocycles. The van der Waals surface area contributed by atoms with Crippen LogP contribution < -0.4 is 24.0 Å². The van der Waals surface area contributed by atoms with Gasteiger partial charge in [-0.3, -0.25) is 4.79 Å². The molecular weight excluding hydrogens is 345 g/mol. The number of carbonyl (C=O) groups is 1. The quantitative estimate of drug-likeness (QED) is 0.593. The van der Waals surface area contributed by atoms with Crippen LogP contribution >= 0.6 is 0 Å². The number of pyridine rings is 1. The molecule has 0 spiro atoms. The summed E-state index contributed by atoms with van der Waals surface area (Å²) in [5.41, 5.74) is 0.577. The first-order valence-electron chi connectivity index (χ1n) is 8.89.